The summed E-state index contributed by atoms with van der Waals surface area (Å²) >= 11 is 0. The summed E-state index contributed by atoms with van der Waals surface area (Å²) in [6.07, 6.45) is 1.18. The Bertz CT molecular complexity index is 667. The Balaban J connectivity index is 1.52. The van der Waals surface area contributed by atoms with Crippen molar-refractivity contribution in [2.24, 2.45) is 10.9 Å². The third-order valence-electron chi connectivity index (χ3n) is 6.11. The summed E-state index contributed by atoms with van der Waals surface area (Å²) < 4.78 is 11.0. The zero-order valence-corrected chi connectivity index (χ0v) is 20.3. The van der Waals surface area contributed by atoms with Crippen LogP contribution >= 0.6 is 0 Å². The Hall–Kier alpha value is -1.67. The van der Waals surface area contributed by atoms with Gasteiger partial charge < -0.3 is 20.1 Å². The normalized spacial score (nSPS) is 19.8. The number of guanidine groups is 1. The molecule has 0 bridgehead atoms. The molecule has 180 valence electrons. The fraction of sp³-hybridized carbons (Fsp3) is 0.720. The summed E-state index contributed by atoms with van der Waals surface area (Å²) in [5.74, 6) is 1.56. The minimum atomic E-state index is 0.502. The van der Waals surface area contributed by atoms with E-state index in [1.807, 2.05) is 0 Å². The van der Waals surface area contributed by atoms with Crippen LogP contribution in [0.15, 0.2) is 29.3 Å². The van der Waals surface area contributed by atoms with Crippen LogP contribution in [0.4, 0.5) is 0 Å². The number of nitrogens with zero attached hydrogens (tertiary/aromatic N) is 3. The van der Waals surface area contributed by atoms with Gasteiger partial charge in [0.2, 0.25) is 0 Å². The van der Waals surface area contributed by atoms with Crippen molar-refractivity contribution in [3.63, 3.8) is 0 Å². The Morgan fingerprint density at radius 2 is 1.56 bits per heavy atom. The van der Waals surface area contributed by atoms with E-state index < -0.39 is 0 Å². The number of rotatable bonds is 10. The lowest BCUT2D eigenvalue weighted by Crippen LogP contribution is -2.51. The first-order valence-corrected chi connectivity index (χ1v) is 12.4. The number of aliphatic imine (C=N–C) groups is 1. The summed E-state index contributed by atoms with van der Waals surface area (Å²) in [7, 11) is 0. The van der Waals surface area contributed by atoms with E-state index in [0.29, 0.717) is 18.5 Å². The highest BCUT2D eigenvalue weighted by molar-refractivity contribution is 5.79. The quantitative estimate of drug-likeness (QED) is 0.426. The highest BCUT2D eigenvalue weighted by Crippen LogP contribution is 2.13. The lowest BCUT2D eigenvalue weighted by molar-refractivity contribution is 0.0132. The summed E-state index contributed by atoms with van der Waals surface area (Å²) in [6, 6.07) is 9.38. The zero-order chi connectivity index (χ0) is 22.6. The average Bonchev–Trinajstić information content (AvgIpc) is 2.82. The molecule has 0 amide bonds. The first-order chi connectivity index (χ1) is 15.6. The first-order valence-electron chi connectivity index (χ1n) is 12.4. The van der Waals surface area contributed by atoms with Crippen LogP contribution in [0.1, 0.15) is 38.3 Å². The van der Waals surface area contributed by atoms with Crippen LogP contribution in [0.5, 0.6) is 0 Å². The van der Waals surface area contributed by atoms with Crippen molar-refractivity contribution in [1.82, 2.24) is 20.4 Å². The Labute approximate surface area is 194 Å². The molecular formula is C25H43N5O2. The smallest absolute Gasteiger partial charge is 0.191 e. The van der Waals surface area contributed by atoms with Gasteiger partial charge in [0, 0.05) is 51.9 Å². The van der Waals surface area contributed by atoms with Crippen molar-refractivity contribution in [3.8, 4) is 0 Å². The summed E-state index contributed by atoms with van der Waals surface area (Å²) in [5.41, 5.74) is 2.59. The Morgan fingerprint density at radius 1 is 0.938 bits per heavy atom. The number of hydrogen-bond acceptors (Lipinski definition) is 5. The molecule has 2 fully saturated rings. The maximum Gasteiger partial charge on any atom is 0.191 e. The number of hydrogen-bond donors (Lipinski definition) is 2. The predicted octanol–water partition coefficient (Wildman–Crippen LogP) is 2.32. The van der Waals surface area contributed by atoms with Crippen molar-refractivity contribution in [2.75, 3.05) is 65.7 Å². The number of nitrogens with one attached hydrogen (secondary N) is 2. The lowest BCUT2D eigenvalue weighted by atomic mass is 10.0. The molecule has 2 heterocycles. The molecule has 32 heavy (non-hydrogen) atoms. The minimum Gasteiger partial charge on any atom is -0.379 e. The first kappa shape index (κ1) is 25.0. The van der Waals surface area contributed by atoms with Crippen LogP contribution in [0.3, 0.4) is 0 Å². The zero-order valence-electron chi connectivity index (χ0n) is 20.3. The monoisotopic (exact) mass is 445 g/mol. The van der Waals surface area contributed by atoms with Crippen LogP contribution < -0.4 is 10.6 Å². The molecule has 1 unspecified atom stereocenters. The van der Waals surface area contributed by atoms with Crippen LogP contribution in [0.25, 0.3) is 0 Å². The molecular weight excluding hydrogens is 402 g/mol. The van der Waals surface area contributed by atoms with Crippen molar-refractivity contribution < 1.29 is 9.47 Å². The molecule has 2 aliphatic rings. The molecule has 2 saturated heterocycles. The van der Waals surface area contributed by atoms with E-state index in [9.17, 15) is 0 Å². The second-order valence-corrected chi connectivity index (χ2v) is 9.21. The SMILES string of the molecule is CCNC(=NCc1ccc(CN2CCOCC2)cc1)NCC(CC(C)C)N1CCOCC1. The van der Waals surface area contributed by atoms with Crippen molar-refractivity contribution in [1.29, 1.82) is 0 Å². The number of morpholine rings is 2. The topological polar surface area (TPSA) is 61.4 Å². The molecule has 7 nitrogen and oxygen atoms in total. The van der Waals surface area contributed by atoms with Gasteiger partial charge in [0.05, 0.1) is 33.0 Å². The van der Waals surface area contributed by atoms with Gasteiger partial charge in [-0.25, -0.2) is 4.99 Å². The van der Waals surface area contributed by atoms with E-state index in [1.165, 1.54) is 17.5 Å². The molecule has 2 N–H and O–H groups in total. The molecule has 7 heteroatoms. The van der Waals surface area contributed by atoms with Gasteiger partial charge in [0.15, 0.2) is 5.96 Å². The summed E-state index contributed by atoms with van der Waals surface area (Å²) in [5, 5.41) is 7.00. The summed E-state index contributed by atoms with van der Waals surface area (Å²) in [4.78, 5) is 9.86. The van der Waals surface area contributed by atoms with Crippen LogP contribution in [-0.4, -0.2) is 87.5 Å². The summed E-state index contributed by atoms with van der Waals surface area (Å²) in [6.45, 7) is 17.6. The maximum absolute atomic E-state index is 5.55. The number of ether oxygens (including phenoxy) is 2. The second kappa shape index (κ2) is 13.8. The van der Waals surface area contributed by atoms with Gasteiger partial charge in [0.1, 0.15) is 0 Å². The molecule has 0 spiro atoms. The third kappa shape index (κ3) is 8.70. The second-order valence-electron chi connectivity index (χ2n) is 9.21. The lowest BCUT2D eigenvalue weighted by Gasteiger charge is -2.35. The minimum absolute atomic E-state index is 0.502. The van der Waals surface area contributed by atoms with E-state index in [0.717, 1.165) is 78.2 Å². The Morgan fingerprint density at radius 3 is 2.19 bits per heavy atom. The van der Waals surface area contributed by atoms with E-state index in [1.54, 1.807) is 0 Å². The third-order valence-corrected chi connectivity index (χ3v) is 6.11. The molecule has 0 saturated carbocycles. The van der Waals surface area contributed by atoms with E-state index in [4.69, 9.17) is 14.5 Å². The van der Waals surface area contributed by atoms with Gasteiger partial charge in [-0.2, -0.15) is 0 Å². The molecule has 0 radical (unpaired) electrons. The molecule has 2 aliphatic heterocycles. The number of benzene rings is 1. The van der Waals surface area contributed by atoms with Gasteiger partial charge >= 0.3 is 0 Å². The van der Waals surface area contributed by atoms with Gasteiger partial charge in [0.25, 0.3) is 0 Å². The molecule has 3 rings (SSSR count). The highest BCUT2D eigenvalue weighted by Gasteiger charge is 2.22. The molecule has 1 aromatic carbocycles. The average molecular weight is 446 g/mol. The fourth-order valence-corrected chi connectivity index (χ4v) is 4.34. The van der Waals surface area contributed by atoms with Crippen molar-refractivity contribution in [3.05, 3.63) is 35.4 Å². The molecule has 1 aromatic rings. The van der Waals surface area contributed by atoms with Crippen molar-refractivity contribution in [2.45, 2.75) is 46.3 Å². The van der Waals surface area contributed by atoms with E-state index in [-0.39, 0.29) is 0 Å². The Kier molecular flexibility index (Phi) is 10.8. The predicted molar refractivity (Wildman–Crippen MR) is 131 cm³/mol. The van der Waals surface area contributed by atoms with Gasteiger partial charge in [-0.1, -0.05) is 38.1 Å². The van der Waals surface area contributed by atoms with Gasteiger partial charge in [-0.15, -0.1) is 0 Å². The van der Waals surface area contributed by atoms with E-state index in [2.05, 4.69) is 65.5 Å². The van der Waals surface area contributed by atoms with Crippen molar-refractivity contribution >= 4 is 5.96 Å². The standard InChI is InChI=1S/C25H43N5O2/c1-4-26-25(28-19-24(17-21(2)3)30-11-15-32-16-12-30)27-18-22-5-7-23(8-6-22)20-29-9-13-31-14-10-29/h5-8,21,24H,4,9-20H2,1-3H3,(H2,26,27,28). The van der Waals surface area contributed by atoms with E-state index >= 15 is 0 Å². The van der Waals surface area contributed by atoms with Crippen LogP contribution in [-0.2, 0) is 22.6 Å². The van der Waals surface area contributed by atoms with Gasteiger partial charge in [-0.05, 0) is 30.4 Å². The highest BCUT2D eigenvalue weighted by atomic mass is 16.5. The molecule has 1 atom stereocenters. The maximum atomic E-state index is 5.55. The molecule has 0 aromatic heterocycles. The van der Waals surface area contributed by atoms with Crippen LogP contribution in [0, 0.1) is 5.92 Å². The largest absolute Gasteiger partial charge is 0.379 e. The van der Waals surface area contributed by atoms with Gasteiger partial charge in [-0.3, -0.25) is 9.80 Å². The van der Waals surface area contributed by atoms with Crippen LogP contribution in [0.2, 0.25) is 0 Å². The fourth-order valence-electron chi connectivity index (χ4n) is 4.34. The molecule has 0 aliphatic carbocycles.